The van der Waals surface area contributed by atoms with E-state index >= 15 is 0 Å². The molecule has 0 fully saturated rings. The Morgan fingerprint density at radius 3 is 2.31 bits per heavy atom. The molecule has 0 aromatic heterocycles. The molecule has 0 aliphatic heterocycles. The molecule has 1 unspecified atom stereocenters. The van der Waals surface area contributed by atoms with E-state index in [1.165, 1.54) is 0 Å². The van der Waals surface area contributed by atoms with E-state index in [0.29, 0.717) is 18.9 Å². The van der Waals surface area contributed by atoms with Crippen molar-refractivity contribution in [3.8, 4) is 0 Å². The third kappa shape index (κ3) is 6.67. The van der Waals surface area contributed by atoms with Gasteiger partial charge in [0.1, 0.15) is 0 Å². The summed E-state index contributed by atoms with van der Waals surface area (Å²) in [5, 5.41) is 14.6. The van der Waals surface area contributed by atoms with Crippen molar-refractivity contribution in [2.24, 2.45) is 11.3 Å². The first-order chi connectivity index (χ1) is 7.28. The van der Waals surface area contributed by atoms with Crippen LogP contribution in [0.3, 0.4) is 0 Å². The van der Waals surface area contributed by atoms with Gasteiger partial charge in [-0.3, -0.25) is 0 Å². The number of aliphatic hydroxyl groups is 1. The standard InChI is InChI=1S/C12H26N2O2/c1-9(2)10(3)14-11(16)13-8-12(4,5)6-7-15/h9-10,15H,6-8H2,1-5H3,(H2,13,14,16). The quantitative estimate of drug-likeness (QED) is 0.651. The third-order valence-electron chi connectivity index (χ3n) is 2.87. The van der Waals surface area contributed by atoms with E-state index in [9.17, 15) is 4.79 Å². The first-order valence-electron chi connectivity index (χ1n) is 5.94. The van der Waals surface area contributed by atoms with E-state index in [2.05, 4.69) is 24.5 Å². The monoisotopic (exact) mass is 230 g/mol. The highest BCUT2D eigenvalue weighted by Gasteiger charge is 2.18. The minimum atomic E-state index is -0.132. The lowest BCUT2D eigenvalue weighted by molar-refractivity contribution is 0.199. The molecule has 4 nitrogen and oxygen atoms in total. The summed E-state index contributed by atoms with van der Waals surface area (Å²) in [5.74, 6) is 0.427. The number of hydrogen-bond donors (Lipinski definition) is 3. The van der Waals surface area contributed by atoms with Gasteiger partial charge >= 0.3 is 6.03 Å². The molecule has 16 heavy (non-hydrogen) atoms. The van der Waals surface area contributed by atoms with E-state index in [-0.39, 0.29) is 24.1 Å². The highest BCUT2D eigenvalue weighted by Crippen LogP contribution is 2.17. The van der Waals surface area contributed by atoms with E-state index < -0.39 is 0 Å². The molecule has 0 aromatic carbocycles. The highest BCUT2D eigenvalue weighted by atomic mass is 16.3. The van der Waals surface area contributed by atoms with Crippen molar-refractivity contribution in [1.82, 2.24) is 10.6 Å². The smallest absolute Gasteiger partial charge is 0.315 e. The summed E-state index contributed by atoms with van der Waals surface area (Å²) in [5.41, 5.74) is -0.0623. The molecule has 0 saturated carbocycles. The molecule has 0 radical (unpaired) electrons. The van der Waals surface area contributed by atoms with E-state index in [1.54, 1.807) is 0 Å². The molecule has 96 valence electrons. The molecular weight excluding hydrogens is 204 g/mol. The van der Waals surface area contributed by atoms with Gasteiger partial charge in [-0.05, 0) is 24.7 Å². The van der Waals surface area contributed by atoms with Crippen LogP contribution in [0.5, 0.6) is 0 Å². The molecule has 0 saturated heterocycles. The molecule has 0 aromatic rings. The molecule has 2 amide bonds. The summed E-state index contributed by atoms with van der Waals surface area (Å²) < 4.78 is 0. The molecule has 0 aliphatic carbocycles. The van der Waals surface area contributed by atoms with Gasteiger partial charge in [-0.2, -0.15) is 0 Å². The van der Waals surface area contributed by atoms with Crippen LogP contribution in [0, 0.1) is 11.3 Å². The second-order valence-electron chi connectivity index (χ2n) is 5.50. The van der Waals surface area contributed by atoms with Gasteiger partial charge in [0.05, 0.1) is 0 Å². The van der Waals surface area contributed by atoms with E-state index in [1.807, 2.05) is 20.8 Å². The fraction of sp³-hybridized carbons (Fsp3) is 0.917. The third-order valence-corrected chi connectivity index (χ3v) is 2.87. The van der Waals surface area contributed by atoms with Crippen molar-refractivity contribution >= 4 is 6.03 Å². The van der Waals surface area contributed by atoms with Crippen LogP contribution in [-0.4, -0.2) is 30.3 Å². The highest BCUT2D eigenvalue weighted by molar-refractivity contribution is 5.74. The van der Waals surface area contributed by atoms with Crippen LogP contribution in [0.25, 0.3) is 0 Å². The van der Waals surface area contributed by atoms with Gasteiger partial charge in [-0.15, -0.1) is 0 Å². The Morgan fingerprint density at radius 1 is 1.31 bits per heavy atom. The average molecular weight is 230 g/mol. The minimum absolute atomic E-state index is 0.0623. The predicted octanol–water partition coefficient (Wildman–Crippen LogP) is 1.74. The van der Waals surface area contributed by atoms with E-state index in [0.717, 1.165) is 0 Å². The Kier molecular flexibility index (Phi) is 6.41. The summed E-state index contributed by atoms with van der Waals surface area (Å²) in [6, 6.07) is 0.0353. The van der Waals surface area contributed by atoms with Crippen LogP contribution in [-0.2, 0) is 0 Å². The minimum Gasteiger partial charge on any atom is -0.396 e. The van der Waals surface area contributed by atoms with Gasteiger partial charge in [-0.25, -0.2) is 4.79 Å². The number of rotatable bonds is 6. The van der Waals surface area contributed by atoms with Crippen LogP contribution >= 0.6 is 0 Å². The zero-order valence-corrected chi connectivity index (χ0v) is 11.1. The number of carbonyl (C=O) groups excluding carboxylic acids is 1. The van der Waals surface area contributed by atoms with Crippen LogP contribution < -0.4 is 10.6 Å². The first-order valence-corrected chi connectivity index (χ1v) is 5.94. The Bertz CT molecular complexity index is 215. The van der Waals surface area contributed by atoms with Gasteiger partial charge in [0.2, 0.25) is 0 Å². The molecule has 1 atom stereocenters. The number of urea groups is 1. The fourth-order valence-corrected chi connectivity index (χ4v) is 1.14. The number of nitrogens with one attached hydrogen (secondary N) is 2. The number of hydrogen-bond acceptors (Lipinski definition) is 2. The average Bonchev–Trinajstić information content (AvgIpc) is 2.14. The largest absolute Gasteiger partial charge is 0.396 e. The lowest BCUT2D eigenvalue weighted by atomic mass is 9.90. The first kappa shape index (κ1) is 15.2. The number of carbonyl (C=O) groups is 1. The number of aliphatic hydroxyl groups excluding tert-OH is 1. The summed E-state index contributed by atoms with van der Waals surface area (Å²) >= 11 is 0. The maximum Gasteiger partial charge on any atom is 0.315 e. The Morgan fingerprint density at radius 2 is 1.88 bits per heavy atom. The number of amides is 2. The molecule has 0 aliphatic rings. The lowest BCUT2D eigenvalue weighted by Gasteiger charge is -2.25. The van der Waals surface area contributed by atoms with Crippen LogP contribution in [0.15, 0.2) is 0 Å². The van der Waals surface area contributed by atoms with Crippen LogP contribution in [0.1, 0.15) is 41.0 Å². The lowest BCUT2D eigenvalue weighted by Crippen LogP contribution is -2.45. The molecule has 0 bridgehead atoms. The summed E-state index contributed by atoms with van der Waals surface area (Å²) in [6.45, 7) is 10.9. The Labute approximate surface area is 98.8 Å². The molecule has 4 heteroatoms. The molecule has 0 rings (SSSR count). The van der Waals surface area contributed by atoms with Crippen molar-refractivity contribution in [2.45, 2.75) is 47.1 Å². The predicted molar refractivity (Wildman–Crippen MR) is 66.3 cm³/mol. The fourth-order valence-electron chi connectivity index (χ4n) is 1.14. The molecule has 3 N–H and O–H groups in total. The van der Waals surface area contributed by atoms with Gasteiger partial charge in [0.15, 0.2) is 0 Å². The van der Waals surface area contributed by atoms with Gasteiger partial charge < -0.3 is 15.7 Å². The van der Waals surface area contributed by atoms with Crippen LogP contribution in [0.4, 0.5) is 4.79 Å². The zero-order chi connectivity index (χ0) is 12.8. The van der Waals surface area contributed by atoms with Gasteiger partial charge in [-0.1, -0.05) is 27.7 Å². The molecule has 0 spiro atoms. The maximum absolute atomic E-state index is 11.5. The van der Waals surface area contributed by atoms with Gasteiger partial charge in [0.25, 0.3) is 0 Å². The van der Waals surface area contributed by atoms with Gasteiger partial charge in [0, 0.05) is 19.2 Å². The van der Waals surface area contributed by atoms with Crippen molar-refractivity contribution in [1.29, 1.82) is 0 Å². The topological polar surface area (TPSA) is 61.4 Å². The van der Waals surface area contributed by atoms with E-state index in [4.69, 9.17) is 5.11 Å². The van der Waals surface area contributed by atoms with Crippen molar-refractivity contribution in [3.05, 3.63) is 0 Å². The van der Waals surface area contributed by atoms with Crippen molar-refractivity contribution in [3.63, 3.8) is 0 Å². The normalized spacial score (nSPS) is 13.7. The summed E-state index contributed by atoms with van der Waals surface area (Å²) in [7, 11) is 0. The summed E-state index contributed by atoms with van der Waals surface area (Å²) in [6.07, 6.45) is 0.688. The zero-order valence-electron chi connectivity index (χ0n) is 11.1. The second-order valence-corrected chi connectivity index (χ2v) is 5.50. The Balaban J connectivity index is 3.89. The summed E-state index contributed by atoms with van der Waals surface area (Å²) in [4.78, 5) is 11.5. The van der Waals surface area contributed by atoms with Crippen molar-refractivity contribution < 1.29 is 9.90 Å². The Hall–Kier alpha value is -0.770. The molecule has 0 heterocycles. The second kappa shape index (κ2) is 6.74. The van der Waals surface area contributed by atoms with Crippen molar-refractivity contribution in [2.75, 3.05) is 13.2 Å². The van der Waals surface area contributed by atoms with Crippen LogP contribution in [0.2, 0.25) is 0 Å². The molecular formula is C12H26N2O2. The SMILES string of the molecule is CC(C)C(C)NC(=O)NCC(C)(C)CCO. The maximum atomic E-state index is 11.5.